The number of rotatable bonds is 5. The first-order valence-electron chi connectivity index (χ1n) is 6.37. The van der Waals surface area contributed by atoms with Crippen LogP contribution in [0.1, 0.15) is 27.2 Å². The van der Waals surface area contributed by atoms with Crippen LogP contribution in [0.3, 0.4) is 0 Å². The summed E-state index contributed by atoms with van der Waals surface area (Å²) in [5, 5.41) is 2.94. The largest absolute Gasteiger partial charge is 0.354 e. The van der Waals surface area contributed by atoms with E-state index >= 15 is 0 Å². The molecule has 0 bridgehead atoms. The third kappa shape index (κ3) is 4.85. The van der Waals surface area contributed by atoms with Crippen molar-refractivity contribution in [3.63, 3.8) is 0 Å². The van der Waals surface area contributed by atoms with E-state index < -0.39 is 0 Å². The van der Waals surface area contributed by atoms with E-state index in [1.807, 2.05) is 25.6 Å². The predicted octanol–water partition coefficient (Wildman–Crippen LogP) is 0.666. The van der Waals surface area contributed by atoms with Crippen molar-refractivity contribution in [3.05, 3.63) is 0 Å². The molecule has 0 aromatic heterocycles. The van der Waals surface area contributed by atoms with Crippen LogP contribution >= 0.6 is 11.8 Å². The second-order valence-corrected chi connectivity index (χ2v) is 6.13. The fraction of sp³-hybridized carbons (Fsp3) is 0.917. The summed E-state index contributed by atoms with van der Waals surface area (Å²) in [4.78, 5) is 14.2. The molecule has 1 amide bonds. The van der Waals surface area contributed by atoms with Crippen molar-refractivity contribution in [1.82, 2.24) is 10.2 Å². The molecule has 1 fully saturated rings. The summed E-state index contributed by atoms with van der Waals surface area (Å²) in [6.07, 6.45) is 0.518. The molecule has 0 aromatic rings. The summed E-state index contributed by atoms with van der Waals surface area (Å²) in [5.74, 6) is 2.40. The Morgan fingerprint density at radius 3 is 2.82 bits per heavy atom. The lowest BCUT2D eigenvalue weighted by Crippen LogP contribution is -2.51. The van der Waals surface area contributed by atoms with Gasteiger partial charge in [0.05, 0.1) is 0 Å². The van der Waals surface area contributed by atoms with Gasteiger partial charge < -0.3 is 11.1 Å². The summed E-state index contributed by atoms with van der Waals surface area (Å²) in [5.41, 5.74) is 5.82. The minimum Gasteiger partial charge on any atom is -0.354 e. The topological polar surface area (TPSA) is 58.4 Å². The van der Waals surface area contributed by atoms with E-state index in [1.54, 1.807) is 0 Å². The number of carbonyl (C=O) groups excluding carboxylic acids is 1. The van der Waals surface area contributed by atoms with Crippen LogP contribution in [0.15, 0.2) is 0 Å². The molecule has 1 heterocycles. The lowest BCUT2D eigenvalue weighted by molar-refractivity contribution is -0.122. The Bertz CT molecular complexity index is 248. The van der Waals surface area contributed by atoms with Crippen LogP contribution in [0.2, 0.25) is 0 Å². The Balaban J connectivity index is 2.49. The normalized spacial score (nSPS) is 23.7. The van der Waals surface area contributed by atoms with E-state index in [-0.39, 0.29) is 18.0 Å². The van der Waals surface area contributed by atoms with E-state index in [1.165, 1.54) is 0 Å². The van der Waals surface area contributed by atoms with E-state index in [0.717, 1.165) is 18.1 Å². The molecule has 4 nitrogen and oxygen atoms in total. The molecule has 1 aliphatic heterocycles. The summed E-state index contributed by atoms with van der Waals surface area (Å²) in [7, 11) is 0. The number of carbonyl (C=O) groups is 1. The molecule has 1 aliphatic rings. The molecular formula is C12H25N3OS. The first-order chi connectivity index (χ1) is 8.04. The fourth-order valence-electron chi connectivity index (χ4n) is 2.21. The molecule has 17 heavy (non-hydrogen) atoms. The molecule has 100 valence electrons. The smallest absolute Gasteiger partial charge is 0.221 e. The van der Waals surface area contributed by atoms with Crippen LogP contribution in [-0.4, -0.2) is 53.5 Å². The number of nitrogens with zero attached hydrogens (tertiary/aromatic N) is 1. The molecule has 5 heteroatoms. The lowest BCUT2D eigenvalue weighted by atomic mass is 10.1. The summed E-state index contributed by atoms with van der Waals surface area (Å²) in [6.45, 7) is 7.78. The highest BCUT2D eigenvalue weighted by atomic mass is 32.2. The molecule has 0 radical (unpaired) electrons. The molecule has 0 aromatic carbocycles. The number of hydrogen-bond donors (Lipinski definition) is 2. The molecule has 0 saturated carbocycles. The van der Waals surface area contributed by atoms with Gasteiger partial charge in [0.1, 0.15) is 0 Å². The fourth-order valence-corrected chi connectivity index (χ4v) is 3.25. The minimum atomic E-state index is 0.112. The Labute approximate surface area is 109 Å². The van der Waals surface area contributed by atoms with Crippen molar-refractivity contribution in [3.8, 4) is 0 Å². The van der Waals surface area contributed by atoms with Gasteiger partial charge in [-0.15, -0.1) is 0 Å². The Kier molecular flexibility index (Phi) is 6.30. The summed E-state index contributed by atoms with van der Waals surface area (Å²) >= 11 is 1.98. The van der Waals surface area contributed by atoms with Crippen molar-refractivity contribution in [2.45, 2.75) is 45.3 Å². The SMILES string of the molecule is CC(C)NC(=O)CC(CN)N1CCSCC1C. The zero-order chi connectivity index (χ0) is 12.8. The number of nitrogens with one attached hydrogen (secondary N) is 1. The van der Waals surface area contributed by atoms with Crippen LogP contribution < -0.4 is 11.1 Å². The van der Waals surface area contributed by atoms with Gasteiger partial charge in [-0.3, -0.25) is 9.69 Å². The van der Waals surface area contributed by atoms with Crippen molar-refractivity contribution in [2.24, 2.45) is 5.73 Å². The molecule has 3 N–H and O–H groups in total. The van der Waals surface area contributed by atoms with Gasteiger partial charge in [-0.2, -0.15) is 11.8 Å². The van der Waals surface area contributed by atoms with Gasteiger partial charge >= 0.3 is 0 Å². The first-order valence-corrected chi connectivity index (χ1v) is 7.53. The minimum absolute atomic E-state index is 0.112. The number of nitrogens with two attached hydrogens (primary N) is 1. The van der Waals surface area contributed by atoms with Crippen molar-refractivity contribution in [1.29, 1.82) is 0 Å². The van der Waals surface area contributed by atoms with Gasteiger partial charge in [0.15, 0.2) is 0 Å². The van der Waals surface area contributed by atoms with Crippen LogP contribution in [0, 0.1) is 0 Å². The lowest BCUT2D eigenvalue weighted by Gasteiger charge is -2.38. The highest BCUT2D eigenvalue weighted by molar-refractivity contribution is 7.99. The van der Waals surface area contributed by atoms with Crippen molar-refractivity contribution in [2.75, 3.05) is 24.6 Å². The van der Waals surface area contributed by atoms with Crippen LogP contribution in [0.4, 0.5) is 0 Å². The Hall–Kier alpha value is -0.260. The van der Waals surface area contributed by atoms with E-state index in [0.29, 0.717) is 19.0 Å². The van der Waals surface area contributed by atoms with E-state index in [9.17, 15) is 4.79 Å². The highest BCUT2D eigenvalue weighted by Crippen LogP contribution is 2.19. The van der Waals surface area contributed by atoms with Gasteiger partial charge in [-0.25, -0.2) is 0 Å². The molecule has 1 saturated heterocycles. The van der Waals surface area contributed by atoms with Crippen molar-refractivity contribution < 1.29 is 4.79 Å². The van der Waals surface area contributed by atoms with Gasteiger partial charge in [-0.05, 0) is 20.8 Å². The average Bonchev–Trinajstić information content (AvgIpc) is 2.26. The summed E-state index contributed by atoms with van der Waals surface area (Å²) in [6, 6.07) is 0.911. The molecular weight excluding hydrogens is 234 g/mol. The molecule has 0 spiro atoms. The van der Waals surface area contributed by atoms with Crippen LogP contribution in [0.5, 0.6) is 0 Å². The second kappa shape index (κ2) is 7.24. The quantitative estimate of drug-likeness (QED) is 0.762. The van der Waals surface area contributed by atoms with Gasteiger partial charge in [0.25, 0.3) is 0 Å². The molecule has 0 aliphatic carbocycles. The van der Waals surface area contributed by atoms with Gasteiger partial charge in [-0.1, -0.05) is 0 Å². The maximum atomic E-state index is 11.8. The Morgan fingerprint density at radius 2 is 2.29 bits per heavy atom. The second-order valence-electron chi connectivity index (χ2n) is 4.98. The number of amides is 1. The van der Waals surface area contributed by atoms with Gasteiger partial charge in [0, 0.05) is 49.1 Å². The maximum absolute atomic E-state index is 11.8. The standard InChI is InChI=1S/C12H25N3OS/c1-9(2)14-12(16)6-11(7-13)15-4-5-17-8-10(15)3/h9-11H,4-8,13H2,1-3H3,(H,14,16). The Morgan fingerprint density at radius 1 is 1.59 bits per heavy atom. The third-order valence-electron chi connectivity index (χ3n) is 3.03. The number of thioether (sulfide) groups is 1. The predicted molar refractivity (Wildman–Crippen MR) is 74.2 cm³/mol. The van der Waals surface area contributed by atoms with Crippen LogP contribution in [0.25, 0.3) is 0 Å². The van der Waals surface area contributed by atoms with Crippen molar-refractivity contribution >= 4 is 17.7 Å². The van der Waals surface area contributed by atoms with Gasteiger partial charge in [0.2, 0.25) is 5.91 Å². The number of hydrogen-bond acceptors (Lipinski definition) is 4. The first kappa shape index (κ1) is 14.8. The zero-order valence-corrected chi connectivity index (χ0v) is 11.9. The third-order valence-corrected chi connectivity index (χ3v) is 4.22. The van der Waals surface area contributed by atoms with Crippen LogP contribution in [-0.2, 0) is 4.79 Å². The zero-order valence-electron chi connectivity index (χ0n) is 11.1. The monoisotopic (exact) mass is 259 g/mol. The summed E-state index contributed by atoms with van der Waals surface area (Å²) < 4.78 is 0. The van der Waals surface area contributed by atoms with E-state index in [4.69, 9.17) is 5.73 Å². The maximum Gasteiger partial charge on any atom is 0.221 e. The highest BCUT2D eigenvalue weighted by Gasteiger charge is 2.27. The molecule has 1 rings (SSSR count). The molecule has 2 atom stereocenters. The van der Waals surface area contributed by atoms with E-state index in [2.05, 4.69) is 17.1 Å². The average molecular weight is 259 g/mol. The molecule has 2 unspecified atom stereocenters.